The van der Waals surface area contributed by atoms with Crippen LogP contribution in [0, 0.1) is 23.7 Å². The highest BCUT2D eigenvalue weighted by molar-refractivity contribution is 5.05. The fourth-order valence-corrected chi connectivity index (χ4v) is 2.70. The summed E-state index contributed by atoms with van der Waals surface area (Å²) in [7, 11) is 0. The molecule has 0 N–H and O–H groups in total. The van der Waals surface area contributed by atoms with Crippen LogP contribution in [0.5, 0.6) is 0 Å². The van der Waals surface area contributed by atoms with Crippen molar-refractivity contribution in [2.24, 2.45) is 23.7 Å². The van der Waals surface area contributed by atoms with E-state index in [0.717, 1.165) is 23.7 Å². The van der Waals surface area contributed by atoms with Crippen LogP contribution >= 0.6 is 0 Å². The Kier molecular flexibility index (Phi) is 2.57. The predicted molar refractivity (Wildman–Crippen MR) is 57.4 cm³/mol. The number of hydrogen-bond acceptors (Lipinski definition) is 0. The second kappa shape index (κ2) is 3.69. The van der Waals surface area contributed by atoms with Crippen LogP contribution in [-0.4, -0.2) is 0 Å². The van der Waals surface area contributed by atoms with E-state index < -0.39 is 0 Å². The standard InChI is InChI=1S/C13H20/c1-10-6-7-12(8-10)9-13-5-3-4-11(13)2/h3-4,6-7,10-13H,5,8-9H2,1-2H3. The Morgan fingerprint density at radius 1 is 1.15 bits per heavy atom. The second-order valence-corrected chi connectivity index (χ2v) is 4.88. The zero-order valence-electron chi connectivity index (χ0n) is 8.74. The summed E-state index contributed by atoms with van der Waals surface area (Å²) < 4.78 is 0. The van der Waals surface area contributed by atoms with Crippen molar-refractivity contribution in [1.82, 2.24) is 0 Å². The van der Waals surface area contributed by atoms with E-state index in [9.17, 15) is 0 Å². The molecule has 0 saturated heterocycles. The molecule has 0 spiro atoms. The molecule has 0 aliphatic heterocycles. The first-order valence-electron chi connectivity index (χ1n) is 5.60. The zero-order valence-corrected chi connectivity index (χ0v) is 8.74. The molecule has 2 aliphatic rings. The van der Waals surface area contributed by atoms with Crippen LogP contribution in [0.1, 0.15) is 33.1 Å². The molecule has 0 bridgehead atoms. The van der Waals surface area contributed by atoms with Gasteiger partial charge in [-0.25, -0.2) is 0 Å². The Balaban J connectivity index is 1.82. The van der Waals surface area contributed by atoms with Crippen molar-refractivity contribution in [2.75, 3.05) is 0 Å². The number of hydrogen-bond donors (Lipinski definition) is 0. The summed E-state index contributed by atoms with van der Waals surface area (Å²) in [4.78, 5) is 0. The van der Waals surface area contributed by atoms with Crippen LogP contribution in [0.15, 0.2) is 24.3 Å². The van der Waals surface area contributed by atoms with Crippen molar-refractivity contribution in [1.29, 1.82) is 0 Å². The molecule has 0 aromatic heterocycles. The van der Waals surface area contributed by atoms with E-state index in [4.69, 9.17) is 0 Å². The maximum atomic E-state index is 2.44. The number of allylic oxidation sites excluding steroid dienone is 4. The second-order valence-electron chi connectivity index (χ2n) is 4.88. The van der Waals surface area contributed by atoms with Crippen LogP contribution in [0.4, 0.5) is 0 Å². The van der Waals surface area contributed by atoms with Crippen molar-refractivity contribution >= 4 is 0 Å². The fraction of sp³-hybridized carbons (Fsp3) is 0.692. The lowest BCUT2D eigenvalue weighted by Crippen LogP contribution is -2.09. The molecule has 0 aromatic rings. The van der Waals surface area contributed by atoms with Gasteiger partial charge in [-0.05, 0) is 42.9 Å². The lowest BCUT2D eigenvalue weighted by molar-refractivity contribution is 0.355. The van der Waals surface area contributed by atoms with Gasteiger partial charge >= 0.3 is 0 Å². The van der Waals surface area contributed by atoms with Gasteiger partial charge in [0, 0.05) is 0 Å². The first-order valence-corrected chi connectivity index (χ1v) is 5.60. The minimum absolute atomic E-state index is 0.823. The van der Waals surface area contributed by atoms with E-state index in [1.54, 1.807) is 0 Å². The maximum absolute atomic E-state index is 2.44. The monoisotopic (exact) mass is 176 g/mol. The summed E-state index contributed by atoms with van der Waals surface area (Å²) in [5.74, 6) is 3.46. The topological polar surface area (TPSA) is 0 Å². The Morgan fingerprint density at radius 3 is 2.54 bits per heavy atom. The predicted octanol–water partition coefficient (Wildman–Crippen LogP) is 3.80. The minimum atomic E-state index is 0.823. The zero-order chi connectivity index (χ0) is 9.26. The van der Waals surface area contributed by atoms with Crippen LogP contribution in [0.25, 0.3) is 0 Å². The van der Waals surface area contributed by atoms with Crippen LogP contribution in [0.3, 0.4) is 0 Å². The van der Waals surface area contributed by atoms with E-state index in [0.29, 0.717) is 0 Å². The lowest BCUT2D eigenvalue weighted by Gasteiger charge is -2.19. The van der Waals surface area contributed by atoms with Gasteiger partial charge in [-0.3, -0.25) is 0 Å². The lowest BCUT2D eigenvalue weighted by atomic mass is 9.86. The molecule has 0 nitrogen and oxygen atoms in total. The summed E-state index contributed by atoms with van der Waals surface area (Å²) in [5, 5.41) is 0. The summed E-state index contributed by atoms with van der Waals surface area (Å²) in [6, 6.07) is 0. The quantitative estimate of drug-likeness (QED) is 0.561. The molecular formula is C13H20. The maximum Gasteiger partial charge on any atom is -0.0225 e. The molecule has 0 radical (unpaired) electrons. The highest BCUT2D eigenvalue weighted by Gasteiger charge is 2.24. The van der Waals surface area contributed by atoms with Crippen molar-refractivity contribution in [3.05, 3.63) is 24.3 Å². The minimum Gasteiger partial charge on any atom is -0.0880 e. The molecular weight excluding hydrogens is 156 g/mol. The van der Waals surface area contributed by atoms with E-state index in [1.165, 1.54) is 19.3 Å². The third-order valence-corrected chi connectivity index (χ3v) is 3.61. The van der Waals surface area contributed by atoms with Gasteiger partial charge in [0.2, 0.25) is 0 Å². The highest BCUT2D eigenvalue weighted by atomic mass is 14.3. The van der Waals surface area contributed by atoms with Crippen LogP contribution in [-0.2, 0) is 0 Å². The molecule has 0 heterocycles. The van der Waals surface area contributed by atoms with E-state index in [1.807, 2.05) is 0 Å². The Morgan fingerprint density at radius 2 is 2.00 bits per heavy atom. The van der Waals surface area contributed by atoms with Crippen LogP contribution < -0.4 is 0 Å². The SMILES string of the molecule is CC1C=CC(CC2CC=CC2C)C1. The van der Waals surface area contributed by atoms with Crippen molar-refractivity contribution in [3.8, 4) is 0 Å². The third-order valence-electron chi connectivity index (χ3n) is 3.61. The summed E-state index contributed by atoms with van der Waals surface area (Å²) in [5.41, 5.74) is 0. The van der Waals surface area contributed by atoms with Gasteiger partial charge in [-0.1, -0.05) is 38.2 Å². The van der Waals surface area contributed by atoms with Gasteiger partial charge in [0.15, 0.2) is 0 Å². The molecule has 2 rings (SSSR count). The van der Waals surface area contributed by atoms with E-state index in [2.05, 4.69) is 38.2 Å². The largest absolute Gasteiger partial charge is 0.0880 e. The molecule has 0 saturated carbocycles. The summed E-state index contributed by atoms with van der Waals surface area (Å²) in [6.45, 7) is 4.68. The molecule has 0 amide bonds. The Labute approximate surface area is 81.7 Å². The highest BCUT2D eigenvalue weighted by Crippen LogP contribution is 2.35. The van der Waals surface area contributed by atoms with Crippen molar-refractivity contribution < 1.29 is 0 Å². The summed E-state index contributed by atoms with van der Waals surface area (Å²) in [6.07, 6.45) is 13.7. The Bertz CT molecular complexity index is 224. The normalized spacial score (nSPS) is 43.2. The molecule has 0 heteroatoms. The molecule has 4 unspecified atom stereocenters. The molecule has 4 atom stereocenters. The average Bonchev–Trinajstić information content (AvgIpc) is 2.64. The number of rotatable bonds is 2. The average molecular weight is 176 g/mol. The molecule has 0 aromatic carbocycles. The van der Waals surface area contributed by atoms with Crippen molar-refractivity contribution in [3.63, 3.8) is 0 Å². The van der Waals surface area contributed by atoms with Gasteiger partial charge in [0.25, 0.3) is 0 Å². The first kappa shape index (κ1) is 9.05. The van der Waals surface area contributed by atoms with E-state index in [-0.39, 0.29) is 0 Å². The molecule has 13 heavy (non-hydrogen) atoms. The van der Waals surface area contributed by atoms with Gasteiger partial charge in [-0.15, -0.1) is 0 Å². The third kappa shape index (κ3) is 2.04. The van der Waals surface area contributed by atoms with Gasteiger partial charge in [0.05, 0.1) is 0 Å². The first-order chi connectivity index (χ1) is 6.25. The van der Waals surface area contributed by atoms with Gasteiger partial charge in [-0.2, -0.15) is 0 Å². The van der Waals surface area contributed by atoms with E-state index >= 15 is 0 Å². The Hall–Kier alpha value is -0.520. The molecule has 72 valence electrons. The molecule has 2 aliphatic carbocycles. The molecule has 0 fully saturated rings. The summed E-state index contributed by atoms with van der Waals surface area (Å²) >= 11 is 0. The van der Waals surface area contributed by atoms with Gasteiger partial charge < -0.3 is 0 Å². The van der Waals surface area contributed by atoms with Gasteiger partial charge in [0.1, 0.15) is 0 Å². The fourth-order valence-electron chi connectivity index (χ4n) is 2.70. The smallest absolute Gasteiger partial charge is 0.0225 e. The van der Waals surface area contributed by atoms with Crippen LogP contribution in [0.2, 0.25) is 0 Å². The van der Waals surface area contributed by atoms with Crippen molar-refractivity contribution in [2.45, 2.75) is 33.1 Å².